The Morgan fingerprint density at radius 1 is 1.32 bits per heavy atom. The van der Waals surface area contributed by atoms with E-state index in [0.29, 0.717) is 18.4 Å². The van der Waals surface area contributed by atoms with Crippen LogP contribution in [0.4, 0.5) is 0 Å². The third-order valence-corrected chi connectivity index (χ3v) is 6.36. The van der Waals surface area contributed by atoms with Crippen LogP contribution in [0.2, 0.25) is 0 Å². The molecular formula is C21H34N4O2S. The lowest BCUT2D eigenvalue weighted by Gasteiger charge is -2.26. The molecule has 2 aliphatic rings. The van der Waals surface area contributed by atoms with Gasteiger partial charge < -0.3 is 20.1 Å². The van der Waals surface area contributed by atoms with E-state index in [1.807, 2.05) is 12.1 Å². The summed E-state index contributed by atoms with van der Waals surface area (Å²) in [4.78, 5) is 7.13. The summed E-state index contributed by atoms with van der Waals surface area (Å²) in [6.07, 6.45) is 2.64. The van der Waals surface area contributed by atoms with Crippen LogP contribution >= 0.6 is 11.8 Å². The average molecular weight is 407 g/mol. The molecule has 0 spiro atoms. The van der Waals surface area contributed by atoms with Gasteiger partial charge in [-0.3, -0.25) is 4.90 Å². The third kappa shape index (κ3) is 7.53. The van der Waals surface area contributed by atoms with Gasteiger partial charge in [-0.15, -0.1) is 0 Å². The summed E-state index contributed by atoms with van der Waals surface area (Å²) in [5, 5.41) is 7.55. The number of nitrogens with zero attached hydrogens (tertiary/aromatic N) is 2. The monoisotopic (exact) mass is 406 g/mol. The molecule has 2 heterocycles. The Morgan fingerprint density at radius 3 is 3.00 bits per heavy atom. The van der Waals surface area contributed by atoms with Crippen molar-refractivity contribution in [3.05, 3.63) is 29.8 Å². The Labute approximate surface area is 173 Å². The Morgan fingerprint density at radius 2 is 2.21 bits per heavy atom. The van der Waals surface area contributed by atoms with Crippen molar-refractivity contribution < 1.29 is 9.47 Å². The van der Waals surface area contributed by atoms with Gasteiger partial charge in [0.05, 0.1) is 19.8 Å². The lowest BCUT2D eigenvalue weighted by Crippen LogP contribution is -2.40. The molecule has 7 heteroatoms. The van der Waals surface area contributed by atoms with E-state index in [9.17, 15) is 0 Å². The van der Waals surface area contributed by atoms with E-state index in [2.05, 4.69) is 46.4 Å². The first-order chi connectivity index (χ1) is 13.8. The number of guanidine groups is 1. The number of rotatable bonds is 9. The van der Waals surface area contributed by atoms with Crippen LogP contribution in [-0.2, 0) is 11.3 Å². The molecule has 2 fully saturated rings. The van der Waals surface area contributed by atoms with Gasteiger partial charge in [-0.25, -0.2) is 4.99 Å². The lowest BCUT2D eigenvalue weighted by molar-refractivity contribution is 0.0322. The zero-order valence-electron chi connectivity index (χ0n) is 17.0. The van der Waals surface area contributed by atoms with Gasteiger partial charge in [-0.05, 0) is 43.2 Å². The highest BCUT2D eigenvalue weighted by Gasteiger charge is 2.15. The second-order valence-electron chi connectivity index (χ2n) is 7.16. The number of benzene rings is 1. The van der Waals surface area contributed by atoms with Gasteiger partial charge in [0, 0.05) is 38.0 Å². The van der Waals surface area contributed by atoms with Crippen molar-refractivity contribution in [1.82, 2.24) is 15.5 Å². The van der Waals surface area contributed by atoms with Gasteiger partial charge in [0.25, 0.3) is 0 Å². The van der Waals surface area contributed by atoms with Crippen molar-refractivity contribution in [2.24, 2.45) is 4.99 Å². The molecule has 0 aliphatic carbocycles. The van der Waals surface area contributed by atoms with Crippen LogP contribution in [0.25, 0.3) is 0 Å². The summed E-state index contributed by atoms with van der Waals surface area (Å²) in [6, 6.07) is 8.27. The maximum atomic E-state index is 5.95. The number of morpholine rings is 1. The first-order valence-corrected chi connectivity index (χ1v) is 11.5. The number of hydrogen-bond acceptors (Lipinski definition) is 5. The molecule has 0 amide bonds. The van der Waals surface area contributed by atoms with E-state index in [1.165, 1.54) is 18.6 Å². The van der Waals surface area contributed by atoms with Crippen molar-refractivity contribution in [1.29, 1.82) is 0 Å². The summed E-state index contributed by atoms with van der Waals surface area (Å²) < 4.78 is 11.3. The minimum absolute atomic E-state index is 0.647. The van der Waals surface area contributed by atoms with Gasteiger partial charge >= 0.3 is 0 Å². The number of thioether (sulfide) groups is 1. The maximum absolute atomic E-state index is 5.95. The highest BCUT2D eigenvalue weighted by molar-refractivity contribution is 8.00. The molecule has 0 radical (unpaired) electrons. The highest BCUT2D eigenvalue weighted by Crippen LogP contribution is 2.25. The molecular weight excluding hydrogens is 372 g/mol. The van der Waals surface area contributed by atoms with Crippen LogP contribution in [-0.4, -0.2) is 74.4 Å². The minimum atomic E-state index is 0.647. The smallest absolute Gasteiger partial charge is 0.191 e. The largest absolute Gasteiger partial charge is 0.492 e. The van der Waals surface area contributed by atoms with E-state index >= 15 is 0 Å². The Hall–Kier alpha value is -1.44. The average Bonchev–Trinajstić information content (AvgIpc) is 3.25. The first-order valence-electron chi connectivity index (χ1n) is 10.5. The molecule has 1 atom stereocenters. The van der Waals surface area contributed by atoms with Gasteiger partial charge in [0.1, 0.15) is 12.4 Å². The zero-order chi connectivity index (χ0) is 19.4. The summed E-state index contributed by atoms with van der Waals surface area (Å²) in [5.41, 5.74) is 1.16. The molecule has 2 saturated heterocycles. The molecule has 2 aliphatic heterocycles. The summed E-state index contributed by atoms with van der Waals surface area (Å²) in [6.45, 7) is 9.91. The standard InChI is InChI=1S/C21H34N4O2S/c1-2-22-21(24-17-20-7-4-14-28-20)23-16-18-5-3-6-19(15-18)27-13-10-25-8-11-26-12-9-25/h3,5-6,15,20H,2,4,7-14,16-17H2,1H3,(H2,22,23,24). The molecule has 0 bridgehead atoms. The number of aliphatic imine (C=N–C) groups is 1. The fraction of sp³-hybridized carbons (Fsp3) is 0.667. The minimum Gasteiger partial charge on any atom is -0.492 e. The van der Waals surface area contributed by atoms with E-state index in [0.717, 1.165) is 63.2 Å². The van der Waals surface area contributed by atoms with E-state index in [1.54, 1.807) is 0 Å². The normalized spacial score (nSPS) is 20.9. The Bertz CT molecular complexity index is 602. The second-order valence-corrected chi connectivity index (χ2v) is 8.57. The fourth-order valence-electron chi connectivity index (χ4n) is 3.38. The topological polar surface area (TPSA) is 58.1 Å². The summed E-state index contributed by atoms with van der Waals surface area (Å²) in [7, 11) is 0. The molecule has 156 valence electrons. The quantitative estimate of drug-likeness (QED) is 0.485. The molecule has 0 aromatic heterocycles. The SMILES string of the molecule is CCNC(=NCc1cccc(OCCN2CCOCC2)c1)NCC1CCCS1. The van der Waals surface area contributed by atoms with Crippen molar-refractivity contribution in [3.8, 4) is 5.75 Å². The number of nitrogens with one attached hydrogen (secondary N) is 2. The fourth-order valence-corrected chi connectivity index (χ4v) is 4.58. The molecule has 0 saturated carbocycles. The van der Waals surface area contributed by atoms with E-state index < -0.39 is 0 Å². The number of ether oxygens (including phenoxy) is 2. The molecule has 6 nitrogen and oxygen atoms in total. The lowest BCUT2D eigenvalue weighted by atomic mass is 10.2. The first kappa shape index (κ1) is 21.3. The van der Waals surface area contributed by atoms with Crippen molar-refractivity contribution in [3.63, 3.8) is 0 Å². The molecule has 1 aromatic rings. The third-order valence-electron chi connectivity index (χ3n) is 4.96. The Balaban J connectivity index is 1.45. The van der Waals surface area contributed by atoms with Gasteiger partial charge in [0.15, 0.2) is 5.96 Å². The summed E-state index contributed by atoms with van der Waals surface area (Å²) in [5.74, 6) is 3.10. The van der Waals surface area contributed by atoms with Crippen LogP contribution in [0.1, 0.15) is 25.3 Å². The summed E-state index contributed by atoms with van der Waals surface area (Å²) >= 11 is 2.06. The van der Waals surface area contributed by atoms with Crippen molar-refractivity contribution in [2.45, 2.75) is 31.6 Å². The predicted octanol–water partition coefficient (Wildman–Crippen LogP) is 2.35. The zero-order valence-corrected chi connectivity index (χ0v) is 17.8. The van der Waals surface area contributed by atoms with Crippen molar-refractivity contribution >= 4 is 17.7 Å². The van der Waals surface area contributed by atoms with Crippen LogP contribution in [0.3, 0.4) is 0 Å². The van der Waals surface area contributed by atoms with Crippen LogP contribution in [0.5, 0.6) is 5.75 Å². The van der Waals surface area contributed by atoms with E-state index in [4.69, 9.17) is 14.5 Å². The molecule has 28 heavy (non-hydrogen) atoms. The van der Waals surface area contributed by atoms with Gasteiger partial charge in [0.2, 0.25) is 0 Å². The van der Waals surface area contributed by atoms with Crippen LogP contribution < -0.4 is 15.4 Å². The molecule has 1 unspecified atom stereocenters. The highest BCUT2D eigenvalue weighted by atomic mass is 32.2. The van der Waals surface area contributed by atoms with E-state index in [-0.39, 0.29) is 0 Å². The Kier molecular flexibility index (Phi) is 9.26. The van der Waals surface area contributed by atoms with Gasteiger partial charge in [-0.1, -0.05) is 12.1 Å². The van der Waals surface area contributed by atoms with Gasteiger partial charge in [-0.2, -0.15) is 11.8 Å². The molecule has 1 aromatic carbocycles. The molecule has 2 N–H and O–H groups in total. The van der Waals surface area contributed by atoms with Crippen LogP contribution in [0.15, 0.2) is 29.3 Å². The van der Waals surface area contributed by atoms with Crippen LogP contribution in [0, 0.1) is 0 Å². The van der Waals surface area contributed by atoms with Crippen molar-refractivity contribution in [2.75, 3.05) is 58.3 Å². The second kappa shape index (κ2) is 12.2. The number of hydrogen-bond donors (Lipinski definition) is 2. The molecule has 3 rings (SSSR count). The predicted molar refractivity (Wildman–Crippen MR) is 117 cm³/mol. The maximum Gasteiger partial charge on any atom is 0.191 e.